The minimum Gasteiger partial charge on any atom is -0.465 e. The van der Waals surface area contributed by atoms with E-state index in [1.165, 1.54) is 36.8 Å². The summed E-state index contributed by atoms with van der Waals surface area (Å²) in [5.74, 6) is -0.790. The molecule has 46 heavy (non-hydrogen) atoms. The van der Waals surface area contributed by atoms with Crippen molar-refractivity contribution in [3.05, 3.63) is 77.7 Å². The van der Waals surface area contributed by atoms with Gasteiger partial charge in [0.25, 0.3) is 0 Å². The van der Waals surface area contributed by atoms with Crippen LogP contribution in [-0.2, 0) is 54.5 Å². The molecule has 0 aliphatic heterocycles. The van der Waals surface area contributed by atoms with Gasteiger partial charge >= 0.3 is 12.1 Å². The van der Waals surface area contributed by atoms with E-state index < -0.39 is 18.4 Å². The predicted molar refractivity (Wildman–Crippen MR) is 182 cm³/mol. The minimum atomic E-state index is -0.733. The molecule has 1 radical (unpaired) electrons. The summed E-state index contributed by atoms with van der Waals surface area (Å²) in [5, 5.41) is 0. The van der Waals surface area contributed by atoms with Crippen LogP contribution in [0.15, 0.2) is 48.5 Å². The fourth-order valence-corrected chi connectivity index (χ4v) is 4.74. The van der Waals surface area contributed by atoms with Crippen molar-refractivity contribution in [2.75, 3.05) is 39.5 Å². The van der Waals surface area contributed by atoms with Crippen molar-refractivity contribution in [2.24, 2.45) is 5.92 Å². The molecule has 8 nitrogen and oxygen atoms in total. The van der Waals surface area contributed by atoms with Gasteiger partial charge in [-0.25, -0.2) is 4.79 Å². The van der Waals surface area contributed by atoms with Crippen molar-refractivity contribution in [3.63, 3.8) is 0 Å². The maximum atomic E-state index is 12.6. The highest BCUT2D eigenvalue weighted by Gasteiger charge is 2.16. The van der Waals surface area contributed by atoms with Crippen molar-refractivity contribution in [3.8, 4) is 0 Å². The lowest BCUT2D eigenvalue weighted by Crippen LogP contribution is -2.25. The zero-order valence-electron chi connectivity index (χ0n) is 28.8. The Morgan fingerprint density at radius 3 is 1.70 bits per heavy atom. The van der Waals surface area contributed by atoms with Gasteiger partial charge in [-0.1, -0.05) is 89.1 Å². The lowest BCUT2D eigenvalue weighted by atomic mass is 10.1. The van der Waals surface area contributed by atoms with Gasteiger partial charge in [0, 0.05) is 18.9 Å². The number of rotatable bonds is 25. The average Bonchev–Trinajstić information content (AvgIpc) is 3.08. The van der Waals surface area contributed by atoms with Gasteiger partial charge in [0.2, 0.25) is 0 Å². The second-order valence-electron chi connectivity index (χ2n) is 11.8. The molecule has 0 aliphatic carbocycles. The molecule has 0 fully saturated rings. The van der Waals surface area contributed by atoms with Crippen molar-refractivity contribution in [1.82, 2.24) is 4.90 Å². The lowest BCUT2D eigenvalue weighted by Gasteiger charge is -2.19. The van der Waals surface area contributed by atoms with Gasteiger partial charge in [0.15, 0.2) is 6.29 Å². The molecule has 2 aromatic carbocycles. The van der Waals surface area contributed by atoms with Crippen LogP contribution in [0.4, 0.5) is 4.79 Å². The number of hydrogen-bond acceptors (Lipinski definition) is 8. The number of ether oxygens (including phenoxy) is 5. The Kier molecular flexibility index (Phi) is 20.7. The van der Waals surface area contributed by atoms with Crippen LogP contribution in [0.1, 0.15) is 94.9 Å². The van der Waals surface area contributed by atoms with E-state index in [1.54, 1.807) is 0 Å². The summed E-state index contributed by atoms with van der Waals surface area (Å²) < 4.78 is 27.9. The maximum Gasteiger partial charge on any atom is 0.508 e. The van der Waals surface area contributed by atoms with Gasteiger partial charge in [0.1, 0.15) is 6.61 Å². The third-order valence-electron chi connectivity index (χ3n) is 7.79. The molecule has 0 amide bonds. The number of aryl methyl sites for hydroxylation is 2. The molecule has 1 unspecified atom stereocenters. The molecule has 257 valence electrons. The number of nitrogens with zero attached hydrogens (tertiary/aromatic N) is 1. The topological polar surface area (TPSA) is 83.5 Å². The Morgan fingerprint density at radius 2 is 1.20 bits per heavy atom. The van der Waals surface area contributed by atoms with Crippen LogP contribution in [0.5, 0.6) is 0 Å². The molecular weight excluding hydrogens is 582 g/mol. The molecule has 1 atom stereocenters. The molecule has 0 spiro atoms. The summed E-state index contributed by atoms with van der Waals surface area (Å²) in [7, 11) is 0. The Morgan fingerprint density at radius 1 is 0.696 bits per heavy atom. The Hall–Kier alpha value is -2.94. The van der Waals surface area contributed by atoms with E-state index in [2.05, 4.69) is 88.0 Å². The van der Waals surface area contributed by atoms with E-state index in [0.29, 0.717) is 26.2 Å². The molecule has 0 aromatic heterocycles. The van der Waals surface area contributed by atoms with E-state index in [0.717, 1.165) is 50.0 Å². The number of hydrogen-bond donors (Lipinski definition) is 0. The zero-order valence-corrected chi connectivity index (χ0v) is 28.8. The van der Waals surface area contributed by atoms with Crippen LogP contribution in [0.25, 0.3) is 0 Å². The fraction of sp³-hybridized carbons (Fsp3) is 0.605. The average molecular weight is 641 g/mol. The monoisotopic (exact) mass is 640 g/mol. The van der Waals surface area contributed by atoms with Crippen molar-refractivity contribution in [1.29, 1.82) is 0 Å². The number of esters is 1. The molecule has 0 N–H and O–H groups in total. The molecule has 0 saturated carbocycles. The first-order chi connectivity index (χ1) is 22.4. The molecule has 0 heterocycles. The van der Waals surface area contributed by atoms with E-state index in [4.69, 9.17) is 23.7 Å². The smallest absolute Gasteiger partial charge is 0.465 e. The quantitative estimate of drug-likeness (QED) is 0.0612. The van der Waals surface area contributed by atoms with Crippen LogP contribution < -0.4 is 0 Å². The highest BCUT2D eigenvalue weighted by atomic mass is 16.7. The molecular formula is C38H58NO7. The van der Waals surface area contributed by atoms with Crippen LogP contribution in [0.2, 0.25) is 0 Å². The van der Waals surface area contributed by atoms with Crippen LogP contribution in [0.3, 0.4) is 0 Å². The van der Waals surface area contributed by atoms with E-state index >= 15 is 0 Å². The fourth-order valence-electron chi connectivity index (χ4n) is 4.74. The lowest BCUT2D eigenvalue weighted by molar-refractivity contribution is -0.168. The second kappa shape index (κ2) is 24.3. The van der Waals surface area contributed by atoms with Crippen LogP contribution in [0, 0.1) is 12.8 Å². The van der Waals surface area contributed by atoms with Crippen LogP contribution in [-0.4, -0.2) is 62.8 Å². The van der Waals surface area contributed by atoms with Crippen molar-refractivity contribution >= 4 is 12.1 Å². The van der Waals surface area contributed by atoms with E-state index in [-0.39, 0.29) is 25.6 Å². The van der Waals surface area contributed by atoms with Gasteiger partial charge in [-0.15, -0.1) is 0 Å². The molecule has 8 heteroatoms. The standard InChI is InChI=1S/C38H58NO7/c1-6-10-13-32-15-19-34(20-16-32)29-44-37(45-30-35-21-17-33(18-22-35)14-11-7-2)24-23-36(40)43-27-31(5)28-46-38(41)42-26-12-25-39(8-3)9-4/h15-22,31,37H,5-14,23-30H2,1-4H3. The molecule has 2 aromatic rings. The summed E-state index contributed by atoms with van der Waals surface area (Å²) in [6, 6.07) is 16.9. The van der Waals surface area contributed by atoms with E-state index in [1.807, 2.05) is 0 Å². The Labute approximate surface area is 278 Å². The number of carbonyl (C=O) groups is 2. The van der Waals surface area contributed by atoms with Gasteiger partial charge in [0.05, 0.1) is 32.8 Å². The second-order valence-corrected chi connectivity index (χ2v) is 11.8. The van der Waals surface area contributed by atoms with Gasteiger partial charge in [-0.3, -0.25) is 4.79 Å². The highest BCUT2D eigenvalue weighted by molar-refractivity contribution is 5.69. The minimum absolute atomic E-state index is 0.00543. The molecule has 0 bridgehead atoms. The Balaban J connectivity index is 1.78. The number of benzene rings is 2. The zero-order chi connectivity index (χ0) is 33.4. The first-order valence-corrected chi connectivity index (χ1v) is 17.3. The maximum absolute atomic E-state index is 12.6. The molecule has 2 rings (SSSR count). The first-order valence-electron chi connectivity index (χ1n) is 17.3. The Bertz CT molecular complexity index is 1010. The van der Waals surface area contributed by atoms with E-state index in [9.17, 15) is 9.59 Å². The van der Waals surface area contributed by atoms with Crippen LogP contribution >= 0.6 is 0 Å². The predicted octanol–water partition coefficient (Wildman–Crippen LogP) is 8.09. The number of unbranched alkanes of at least 4 members (excludes halogenated alkanes) is 2. The summed E-state index contributed by atoms with van der Waals surface area (Å²) in [6.45, 7) is 16.4. The molecule has 0 saturated heterocycles. The normalized spacial score (nSPS) is 12.0. The SMILES string of the molecule is [CH2]C(COC(=O)CCC(OCc1ccc(CCCC)cc1)OCc1ccc(CCCC)cc1)COC(=O)OCCCN(CC)CC. The van der Waals surface area contributed by atoms with Crippen molar-refractivity contribution < 1.29 is 33.3 Å². The third kappa shape index (κ3) is 17.7. The number of carbonyl (C=O) groups excluding carboxylic acids is 2. The molecule has 0 aliphatic rings. The first kappa shape index (κ1) is 39.2. The van der Waals surface area contributed by atoms with Gasteiger partial charge in [-0.2, -0.15) is 0 Å². The van der Waals surface area contributed by atoms with Gasteiger partial charge < -0.3 is 28.6 Å². The summed E-state index contributed by atoms with van der Waals surface area (Å²) in [4.78, 5) is 26.7. The van der Waals surface area contributed by atoms with Gasteiger partial charge in [-0.05, 0) is 74.4 Å². The summed E-state index contributed by atoms with van der Waals surface area (Å²) >= 11 is 0. The highest BCUT2D eigenvalue weighted by Crippen LogP contribution is 2.16. The third-order valence-corrected chi connectivity index (χ3v) is 7.79. The largest absolute Gasteiger partial charge is 0.508 e. The summed E-state index contributed by atoms with van der Waals surface area (Å²) in [5.41, 5.74) is 4.75. The van der Waals surface area contributed by atoms with Crippen molar-refractivity contribution in [2.45, 2.75) is 105 Å². The summed E-state index contributed by atoms with van der Waals surface area (Å²) in [6.07, 6.45) is 6.73.